The van der Waals surface area contributed by atoms with Crippen LogP contribution in [0.1, 0.15) is 5.56 Å². The van der Waals surface area contributed by atoms with Crippen molar-refractivity contribution in [3.05, 3.63) is 70.3 Å². The first-order valence-corrected chi connectivity index (χ1v) is 9.92. The third-order valence-corrected chi connectivity index (χ3v) is 6.73. The molecule has 2 atom stereocenters. The summed E-state index contributed by atoms with van der Waals surface area (Å²) < 4.78 is 33.9. The first-order chi connectivity index (χ1) is 12.0. The van der Waals surface area contributed by atoms with Crippen LogP contribution in [0, 0.1) is 22.0 Å². The van der Waals surface area contributed by atoms with Crippen LogP contribution in [0.15, 0.2) is 54.6 Å². The average molecular weight is 412 g/mol. The Hall–Kier alpha value is -1.82. The molecule has 3 rings (SSSR count). The van der Waals surface area contributed by atoms with Gasteiger partial charge < -0.3 is 0 Å². The fourth-order valence-electron chi connectivity index (χ4n) is 2.70. The van der Waals surface area contributed by atoms with E-state index in [1.165, 1.54) is 6.07 Å². The van der Waals surface area contributed by atoms with Crippen molar-refractivity contribution in [2.45, 2.75) is 17.8 Å². The van der Waals surface area contributed by atoms with Gasteiger partial charge in [-0.05, 0) is 0 Å². The predicted molar refractivity (Wildman–Crippen MR) is 91.3 cm³/mol. The second-order valence-corrected chi connectivity index (χ2v) is 8.15. The number of nitro groups is 1. The molecule has 1 aliphatic carbocycles. The van der Waals surface area contributed by atoms with Gasteiger partial charge in [0.25, 0.3) is 0 Å². The van der Waals surface area contributed by atoms with E-state index in [0.29, 0.717) is 11.1 Å². The van der Waals surface area contributed by atoms with Crippen molar-refractivity contribution >= 4 is 25.1 Å². The molecule has 1 fully saturated rings. The van der Waals surface area contributed by atoms with Crippen LogP contribution in [0.25, 0.3) is 0 Å². The van der Waals surface area contributed by atoms with Gasteiger partial charge in [0.1, 0.15) is 0 Å². The number of benzene rings is 2. The average Bonchev–Trinajstić information content (AvgIpc) is 3.13. The quantitative estimate of drug-likeness (QED) is 0.379. The van der Waals surface area contributed by atoms with Gasteiger partial charge in [-0.2, -0.15) is 0 Å². The summed E-state index contributed by atoms with van der Waals surface area (Å²) in [6.07, 6.45) is 0. The number of halogens is 2. The van der Waals surface area contributed by atoms with Gasteiger partial charge in [-0.3, -0.25) is 0 Å². The summed E-state index contributed by atoms with van der Waals surface area (Å²) >= 11 is -0.355. The Morgan fingerprint density at radius 1 is 1.08 bits per heavy atom. The van der Waals surface area contributed by atoms with Gasteiger partial charge in [0.05, 0.1) is 0 Å². The zero-order valence-electron chi connectivity index (χ0n) is 13.3. The van der Waals surface area contributed by atoms with E-state index in [-0.39, 0.29) is 32.6 Å². The molecule has 1 saturated carbocycles. The van der Waals surface area contributed by atoms with E-state index < -0.39 is 22.7 Å². The molecule has 0 spiro atoms. The van der Waals surface area contributed by atoms with Gasteiger partial charge in [-0.15, -0.1) is 0 Å². The maximum absolute atomic E-state index is 13.9. The Balaban J connectivity index is 1.51. The minimum atomic E-state index is -2.73. The monoisotopic (exact) mass is 413 g/mol. The molecule has 0 radical (unpaired) electrons. The molecular weight excluding hydrogens is 395 g/mol. The first-order valence-electron chi connectivity index (χ1n) is 7.86. The third-order valence-electron chi connectivity index (χ3n) is 4.25. The molecule has 0 bridgehead atoms. The topological polar surface area (TPSA) is 52.4 Å². The molecular formula is C18H17F2NO3Se. The normalized spacial score (nSPS) is 21.0. The van der Waals surface area contributed by atoms with Crippen molar-refractivity contribution in [1.82, 2.24) is 0 Å². The van der Waals surface area contributed by atoms with E-state index in [4.69, 9.17) is 4.74 Å². The van der Waals surface area contributed by atoms with Crippen molar-refractivity contribution < 1.29 is 18.4 Å². The number of nitro benzene ring substituents is 1. The molecule has 0 aliphatic heterocycles. The van der Waals surface area contributed by atoms with E-state index in [1.807, 2.05) is 30.3 Å². The molecule has 0 saturated heterocycles. The summed E-state index contributed by atoms with van der Waals surface area (Å²) in [6, 6.07) is 15.8. The number of nitrogens with zero attached hydrogens (tertiary/aromatic N) is 1. The molecule has 7 heteroatoms. The zero-order chi connectivity index (χ0) is 17.9. The number of rotatable bonds is 8. The summed E-state index contributed by atoms with van der Waals surface area (Å²) in [7, 11) is 0. The molecule has 0 aromatic heterocycles. The molecule has 25 heavy (non-hydrogen) atoms. The SMILES string of the molecule is O=[N+]([O-])c1ccccc1[Se]CC1C(COCc2ccccc2)C1(F)F. The van der Waals surface area contributed by atoms with Crippen molar-refractivity contribution in [3.63, 3.8) is 0 Å². The van der Waals surface area contributed by atoms with Crippen LogP contribution in [0.4, 0.5) is 14.5 Å². The Bertz CT molecular complexity index is 742. The van der Waals surface area contributed by atoms with Crippen LogP contribution in [-0.4, -0.2) is 32.4 Å². The molecule has 2 unspecified atom stereocenters. The van der Waals surface area contributed by atoms with E-state index in [2.05, 4.69) is 0 Å². The molecule has 1 aliphatic rings. The molecule has 2 aromatic rings. The Kier molecular flexibility index (Phi) is 5.47. The van der Waals surface area contributed by atoms with Crippen molar-refractivity contribution in [2.75, 3.05) is 6.61 Å². The van der Waals surface area contributed by atoms with Crippen molar-refractivity contribution in [3.8, 4) is 0 Å². The van der Waals surface area contributed by atoms with Gasteiger partial charge in [0, 0.05) is 0 Å². The fourth-order valence-corrected chi connectivity index (χ4v) is 5.39. The number of hydrogen-bond donors (Lipinski definition) is 0. The Labute approximate surface area is 150 Å². The van der Waals surface area contributed by atoms with Gasteiger partial charge in [-0.1, -0.05) is 0 Å². The molecule has 0 amide bonds. The van der Waals surface area contributed by atoms with E-state index in [0.717, 1.165) is 5.56 Å². The van der Waals surface area contributed by atoms with Crippen molar-refractivity contribution in [1.29, 1.82) is 0 Å². The number of alkyl halides is 2. The standard InChI is InChI=1S/C18H17F2NO3Se/c19-18(20)14(11-24-10-13-6-2-1-3-7-13)15(18)12-25-17-9-5-4-8-16(17)21(22)23/h1-9,14-15H,10-12H2. The molecule has 0 N–H and O–H groups in total. The number of ether oxygens (including phenoxy) is 1. The number of hydrogen-bond acceptors (Lipinski definition) is 3. The van der Waals surface area contributed by atoms with Crippen LogP contribution in [0.3, 0.4) is 0 Å². The van der Waals surface area contributed by atoms with Crippen LogP contribution < -0.4 is 4.46 Å². The number of para-hydroxylation sites is 1. The molecule has 4 nitrogen and oxygen atoms in total. The second-order valence-electron chi connectivity index (χ2n) is 5.92. The van der Waals surface area contributed by atoms with Gasteiger partial charge in [0.15, 0.2) is 0 Å². The fraction of sp³-hybridized carbons (Fsp3) is 0.333. The van der Waals surface area contributed by atoms with Gasteiger partial charge in [0.2, 0.25) is 0 Å². The second kappa shape index (κ2) is 7.60. The van der Waals surface area contributed by atoms with E-state index in [1.54, 1.807) is 18.2 Å². The minimum absolute atomic E-state index is 0.0134. The zero-order valence-corrected chi connectivity index (χ0v) is 15.0. The maximum atomic E-state index is 13.9. The van der Waals surface area contributed by atoms with Crippen LogP contribution in [0.2, 0.25) is 5.32 Å². The van der Waals surface area contributed by atoms with Gasteiger partial charge >= 0.3 is 150 Å². The Morgan fingerprint density at radius 3 is 2.48 bits per heavy atom. The first kappa shape index (κ1) is 18.0. The third kappa shape index (κ3) is 4.24. The summed E-state index contributed by atoms with van der Waals surface area (Å²) in [5, 5.41) is 11.3. The summed E-state index contributed by atoms with van der Waals surface area (Å²) in [5.74, 6) is -4.27. The van der Waals surface area contributed by atoms with Crippen LogP contribution in [0.5, 0.6) is 0 Å². The predicted octanol–water partition coefficient (Wildman–Crippen LogP) is 3.44. The van der Waals surface area contributed by atoms with Crippen LogP contribution >= 0.6 is 0 Å². The van der Waals surface area contributed by atoms with E-state index >= 15 is 0 Å². The van der Waals surface area contributed by atoms with Crippen molar-refractivity contribution in [2.24, 2.45) is 11.8 Å². The molecule has 2 aromatic carbocycles. The summed E-state index contributed by atoms with van der Waals surface area (Å²) in [5.41, 5.74) is 0.968. The van der Waals surface area contributed by atoms with E-state index in [9.17, 15) is 18.9 Å². The van der Waals surface area contributed by atoms with Gasteiger partial charge in [-0.25, -0.2) is 0 Å². The summed E-state index contributed by atoms with van der Waals surface area (Å²) in [6.45, 7) is 0.328. The summed E-state index contributed by atoms with van der Waals surface area (Å²) in [4.78, 5) is 10.5. The molecule has 0 heterocycles. The Morgan fingerprint density at radius 2 is 1.76 bits per heavy atom. The molecule has 132 valence electrons. The van der Waals surface area contributed by atoms with Crippen LogP contribution in [-0.2, 0) is 11.3 Å².